The molecule has 0 radical (unpaired) electrons. The van der Waals surface area contributed by atoms with E-state index in [4.69, 9.17) is 12.3 Å². The summed E-state index contributed by atoms with van der Waals surface area (Å²) in [5, 5.41) is 6.06. The highest BCUT2D eigenvalue weighted by molar-refractivity contribution is 6.03. The van der Waals surface area contributed by atoms with E-state index in [9.17, 15) is 4.79 Å². The molecule has 5 heteroatoms. The van der Waals surface area contributed by atoms with E-state index < -0.39 is 0 Å². The van der Waals surface area contributed by atoms with Gasteiger partial charge in [-0.15, -0.1) is 0 Å². The summed E-state index contributed by atoms with van der Waals surface area (Å²) in [5.74, 6) is -0.233. The van der Waals surface area contributed by atoms with Crippen molar-refractivity contribution in [2.24, 2.45) is 0 Å². The summed E-state index contributed by atoms with van der Waals surface area (Å²) in [7, 11) is 0. The number of nitrogens with two attached hydrogens (primary N) is 1. The SMILES string of the molecule is [C-]#[N+]c1cccc(NCc2ccc(C=CC(=O)Nc3ccccc3N)cc2)c1. The van der Waals surface area contributed by atoms with Gasteiger partial charge in [-0.25, -0.2) is 4.85 Å². The van der Waals surface area contributed by atoms with Crippen molar-refractivity contribution in [3.63, 3.8) is 0 Å². The molecule has 0 aliphatic rings. The third-order valence-corrected chi connectivity index (χ3v) is 4.10. The number of carbonyl (C=O) groups is 1. The summed E-state index contributed by atoms with van der Waals surface area (Å²) in [6.07, 6.45) is 3.24. The Morgan fingerprint density at radius 3 is 2.57 bits per heavy atom. The second kappa shape index (κ2) is 9.06. The smallest absolute Gasteiger partial charge is 0.248 e. The molecule has 28 heavy (non-hydrogen) atoms. The highest BCUT2D eigenvalue weighted by Gasteiger charge is 2.01. The Labute approximate surface area is 164 Å². The first-order chi connectivity index (χ1) is 13.6. The number of para-hydroxylation sites is 2. The van der Waals surface area contributed by atoms with Crippen LogP contribution in [0.3, 0.4) is 0 Å². The molecule has 5 nitrogen and oxygen atoms in total. The average molecular weight is 368 g/mol. The fourth-order valence-corrected chi connectivity index (χ4v) is 2.59. The van der Waals surface area contributed by atoms with Gasteiger partial charge in [0.1, 0.15) is 0 Å². The predicted octanol–water partition coefficient (Wildman–Crippen LogP) is 5.08. The van der Waals surface area contributed by atoms with Crippen molar-refractivity contribution in [2.45, 2.75) is 6.54 Å². The quantitative estimate of drug-likeness (QED) is 0.323. The van der Waals surface area contributed by atoms with Gasteiger partial charge in [0.05, 0.1) is 17.9 Å². The number of hydrogen-bond acceptors (Lipinski definition) is 3. The van der Waals surface area contributed by atoms with Crippen LogP contribution in [-0.4, -0.2) is 5.91 Å². The molecule has 0 heterocycles. The molecule has 0 unspecified atom stereocenters. The zero-order valence-electron chi connectivity index (χ0n) is 15.2. The number of nitrogens with one attached hydrogen (secondary N) is 2. The zero-order valence-corrected chi connectivity index (χ0v) is 15.2. The molecule has 0 bridgehead atoms. The monoisotopic (exact) mass is 368 g/mol. The highest BCUT2D eigenvalue weighted by atomic mass is 16.1. The van der Waals surface area contributed by atoms with Crippen LogP contribution in [0.4, 0.5) is 22.7 Å². The van der Waals surface area contributed by atoms with E-state index in [0.717, 1.165) is 16.8 Å². The molecular weight excluding hydrogens is 348 g/mol. The van der Waals surface area contributed by atoms with Gasteiger partial charge in [-0.05, 0) is 41.5 Å². The van der Waals surface area contributed by atoms with Crippen molar-refractivity contribution in [1.82, 2.24) is 0 Å². The molecular formula is C23H20N4O. The molecule has 3 aromatic carbocycles. The fourth-order valence-electron chi connectivity index (χ4n) is 2.59. The van der Waals surface area contributed by atoms with E-state index in [1.165, 1.54) is 6.08 Å². The third-order valence-electron chi connectivity index (χ3n) is 4.10. The lowest BCUT2D eigenvalue weighted by Gasteiger charge is -2.07. The lowest BCUT2D eigenvalue weighted by Crippen LogP contribution is -2.09. The van der Waals surface area contributed by atoms with E-state index >= 15 is 0 Å². The minimum absolute atomic E-state index is 0.233. The number of amides is 1. The second-order valence-electron chi connectivity index (χ2n) is 6.17. The number of nitrogens with zero attached hydrogens (tertiary/aromatic N) is 1. The molecule has 0 aliphatic carbocycles. The van der Waals surface area contributed by atoms with E-state index in [0.29, 0.717) is 23.6 Å². The average Bonchev–Trinajstić information content (AvgIpc) is 2.73. The predicted molar refractivity (Wildman–Crippen MR) is 115 cm³/mol. The van der Waals surface area contributed by atoms with Crippen LogP contribution < -0.4 is 16.4 Å². The van der Waals surface area contributed by atoms with Crippen LogP contribution in [0.2, 0.25) is 0 Å². The van der Waals surface area contributed by atoms with Gasteiger partial charge < -0.3 is 16.4 Å². The highest BCUT2D eigenvalue weighted by Crippen LogP contribution is 2.19. The van der Waals surface area contributed by atoms with Crippen LogP contribution in [0.1, 0.15) is 11.1 Å². The molecule has 3 rings (SSSR count). The number of rotatable bonds is 6. The van der Waals surface area contributed by atoms with E-state index in [2.05, 4.69) is 15.5 Å². The van der Waals surface area contributed by atoms with Crippen molar-refractivity contribution < 1.29 is 4.79 Å². The molecule has 0 saturated carbocycles. The number of anilines is 3. The largest absolute Gasteiger partial charge is 0.397 e. The van der Waals surface area contributed by atoms with Crippen LogP contribution >= 0.6 is 0 Å². The van der Waals surface area contributed by atoms with Gasteiger partial charge in [0.25, 0.3) is 0 Å². The molecule has 0 fully saturated rings. The molecule has 4 N–H and O–H groups in total. The number of hydrogen-bond donors (Lipinski definition) is 3. The van der Waals surface area contributed by atoms with Gasteiger partial charge in [0.2, 0.25) is 5.91 Å². The first kappa shape index (κ1) is 18.7. The van der Waals surface area contributed by atoms with Gasteiger partial charge in [0.15, 0.2) is 5.69 Å². The minimum atomic E-state index is -0.233. The lowest BCUT2D eigenvalue weighted by molar-refractivity contribution is -0.111. The molecule has 138 valence electrons. The minimum Gasteiger partial charge on any atom is -0.397 e. The van der Waals surface area contributed by atoms with Crippen LogP contribution in [0.5, 0.6) is 0 Å². The van der Waals surface area contributed by atoms with Crippen molar-refractivity contribution >= 4 is 34.7 Å². The topological polar surface area (TPSA) is 71.5 Å². The Morgan fingerprint density at radius 1 is 1.04 bits per heavy atom. The van der Waals surface area contributed by atoms with Crippen LogP contribution in [-0.2, 0) is 11.3 Å². The van der Waals surface area contributed by atoms with Gasteiger partial charge >= 0.3 is 0 Å². The fraction of sp³-hybridized carbons (Fsp3) is 0.0435. The first-order valence-electron chi connectivity index (χ1n) is 8.78. The molecule has 0 aromatic heterocycles. The summed E-state index contributed by atoms with van der Waals surface area (Å²) in [5.41, 5.74) is 10.5. The third kappa shape index (κ3) is 5.23. The summed E-state index contributed by atoms with van der Waals surface area (Å²) in [4.78, 5) is 15.5. The summed E-state index contributed by atoms with van der Waals surface area (Å²) in [6, 6.07) is 22.4. The van der Waals surface area contributed by atoms with Gasteiger partial charge in [-0.2, -0.15) is 0 Å². The number of carbonyl (C=O) groups excluding carboxylic acids is 1. The maximum absolute atomic E-state index is 12.0. The van der Waals surface area contributed by atoms with Crippen molar-refractivity contribution in [3.8, 4) is 0 Å². The van der Waals surface area contributed by atoms with Crippen molar-refractivity contribution in [1.29, 1.82) is 0 Å². The van der Waals surface area contributed by atoms with Crippen LogP contribution in [0, 0.1) is 6.57 Å². The van der Waals surface area contributed by atoms with Gasteiger partial charge in [-0.1, -0.05) is 48.5 Å². The maximum atomic E-state index is 12.0. The zero-order chi connectivity index (χ0) is 19.8. The van der Waals surface area contributed by atoms with E-state index in [1.54, 1.807) is 24.3 Å². The molecule has 0 spiro atoms. The van der Waals surface area contributed by atoms with E-state index in [1.807, 2.05) is 54.6 Å². The molecule has 0 aliphatic heterocycles. The van der Waals surface area contributed by atoms with E-state index in [-0.39, 0.29) is 5.91 Å². The maximum Gasteiger partial charge on any atom is 0.248 e. The first-order valence-corrected chi connectivity index (χ1v) is 8.78. The normalized spacial score (nSPS) is 10.4. The standard InChI is InChI=1S/C23H20N4O/c1-25-19-5-4-6-20(15-19)26-16-18-11-9-17(10-12-18)13-14-23(28)27-22-8-3-2-7-21(22)24/h2-15,26H,16,24H2,(H,27,28). The Hall–Kier alpha value is -4.04. The van der Waals surface area contributed by atoms with Crippen LogP contribution in [0.25, 0.3) is 10.9 Å². The Balaban J connectivity index is 1.55. The Morgan fingerprint density at radius 2 is 1.82 bits per heavy atom. The van der Waals surface area contributed by atoms with Crippen LogP contribution in [0.15, 0.2) is 78.9 Å². The Bertz CT molecular complexity index is 1030. The van der Waals surface area contributed by atoms with Crippen molar-refractivity contribution in [3.05, 3.63) is 101 Å². The number of nitrogen functional groups attached to an aromatic ring is 1. The molecule has 0 saturated heterocycles. The summed E-state index contributed by atoms with van der Waals surface area (Å²) >= 11 is 0. The van der Waals surface area contributed by atoms with Crippen molar-refractivity contribution in [2.75, 3.05) is 16.4 Å². The molecule has 0 atom stereocenters. The summed E-state index contributed by atoms with van der Waals surface area (Å²) in [6.45, 7) is 7.71. The summed E-state index contributed by atoms with van der Waals surface area (Å²) < 4.78 is 0. The van der Waals surface area contributed by atoms with Gasteiger partial charge in [0, 0.05) is 18.3 Å². The lowest BCUT2D eigenvalue weighted by atomic mass is 10.1. The Kier molecular flexibility index (Phi) is 6.06. The number of benzene rings is 3. The molecule has 3 aromatic rings. The molecule has 1 amide bonds. The second-order valence-corrected chi connectivity index (χ2v) is 6.17. The van der Waals surface area contributed by atoms with Gasteiger partial charge in [-0.3, -0.25) is 4.79 Å².